The Morgan fingerprint density at radius 3 is 2.77 bits per heavy atom. The summed E-state index contributed by atoms with van der Waals surface area (Å²) in [5.41, 5.74) is 1.55. The highest BCUT2D eigenvalue weighted by molar-refractivity contribution is 8.00. The average Bonchev–Trinajstić information content (AvgIpc) is 3.05. The van der Waals surface area contributed by atoms with Gasteiger partial charge in [0.1, 0.15) is 10.1 Å². The molecular weight excluding hydrogens is 368 g/mol. The minimum Gasteiger partial charge on any atom is -0.480 e. The highest BCUT2D eigenvalue weighted by atomic mass is 32.2. The fraction of sp³-hybridized carbons (Fsp3) is 0.105. The predicted octanol–water partition coefficient (Wildman–Crippen LogP) is 4.37. The van der Waals surface area contributed by atoms with Crippen molar-refractivity contribution in [2.75, 3.05) is 0 Å². The van der Waals surface area contributed by atoms with Crippen molar-refractivity contribution in [1.29, 1.82) is 0 Å². The molecule has 4 rings (SSSR count). The number of thioether (sulfide) groups is 1. The minimum atomic E-state index is -0.944. The first kappa shape index (κ1) is 16.8. The lowest BCUT2D eigenvalue weighted by molar-refractivity contribution is -0.136. The quantitative estimate of drug-likeness (QED) is 0.404. The van der Waals surface area contributed by atoms with Gasteiger partial charge in [-0.15, -0.1) is 11.3 Å². The summed E-state index contributed by atoms with van der Waals surface area (Å²) < 4.78 is 0. The van der Waals surface area contributed by atoms with E-state index in [-0.39, 0.29) is 5.56 Å². The van der Waals surface area contributed by atoms with Gasteiger partial charge in [-0.3, -0.25) is 9.59 Å². The van der Waals surface area contributed by atoms with Crippen LogP contribution in [0.15, 0.2) is 57.8 Å². The number of aromatic nitrogens is 2. The third-order valence-corrected chi connectivity index (χ3v) is 5.96. The smallest absolute Gasteiger partial charge is 0.316 e. The summed E-state index contributed by atoms with van der Waals surface area (Å²) in [6, 6.07) is 14.2. The van der Waals surface area contributed by atoms with Crippen LogP contribution in [0, 0.1) is 0 Å². The van der Waals surface area contributed by atoms with Crippen molar-refractivity contribution in [1.82, 2.24) is 9.97 Å². The first-order chi connectivity index (χ1) is 12.5. The Labute approximate surface area is 156 Å². The van der Waals surface area contributed by atoms with E-state index < -0.39 is 11.2 Å². The number of aliphatic carboxylic acids is 1. The Morgan fingerprint density at radius 1 is 1.23 bits per heavy atom. The molecule has 0 saturated carbocycles. The van der Waals surface area contributed by atoms with E-state index in [2.05, 4.69) is 16.0 Å². The molecule has 0 aliphatic heterocycles. The number of rotatable bonds is 4. The Hall–Kier alpha value is -2.64. The van der Waals surface area contributed by atoms with Crippen molar-refractivity contribution in [2.45, 2.75) is 17.3 Å². The maximum atomic E-state index is 12.6. The van der Waals surface area contributed by atoms with E-state index in [4.69, 9.17) is 5.11 Å². The van der Waals surface area contributed by atoms with E-state index in [1.807, 2.05) is 41.8 Å². The van der Waals surface area contributed by atoms with E-state index in [1.54, 1.807) is 6.92 Å². The molecule has 130 valence electrons. The average molecular weight is 382 g/mol. The zero-order chi connectivity index (χ0) is 18.3. The van der Waals surface area contributed by atoms with Gasteiger partial charge in [0.25, 0.3) is 5.56 Å². The number of carbonyl (C=O) groups is 1. The number of H-pyrrole nitrogens is 1. The number of thiophene rings is 1. The molecule has 0 aliphatic carbocycles. The van der Waals surface area contributed by atoms with Crippen molar-refractivity contribution in [3.05, 3.63) is 58.2 Å². The monoisotopic (exact) mass is 382 g/mol. The molecule has 2 aromatic carbocycles. The lowest BCUT2D eigenvalue weighted by Gasteiger charge is -2.05. The molecule has 0 amide bonds. The molecular formula is C19H14N2O3S2. The van der Waals surface area contributed by atoms with Gasteiger partial charge in [-0.05, 0) is 29.3 Å². The van der Waals surface area contributed by atoms with Crippen molar-refractivity contribution >= 4 is 50.1 Å². The summed E-state index contributed by atoms with van der Waals surface area (Å²) in [6.07, 6.45) is 0. The molecule has 2 aromatic heterocycles. The van der Waals surface area contributed by atoms with Crippen LogP contribution in [0.1, 0.15) is 6.92 Å². The molecule has 0 spiro atoms. The lowest BCUT2D eigenvalue weighted by atomic mass is 10.0. The number of aromatic amines is 1. The van der Waals surface area contributed by atoms with Crippen LogP contribution in [0.25, 0.3) is 32.1 Å². The Morgan fingerprint density at radius 2 is 2.00 bits per heavy atom. The van der Waals surface area contributed by atoms with Crippen LogP contribution in [-0.2, 0) is 4.79 Å². The number of carboxylic acids is 1. The van der Waals surface area contributed by atoms with Crippen LogP contribution >= 0.6 is 23.1 Å². The number of benzene rings is 2. The van der Waals surface area contributed by atoms with Gasteiger partial charge < -0.3 is 10.1 Å². The van der Waals surface area contributed by atoms with Crippen molar-refractivity contribution in [3.8, 4) is 11.1 Å². The summed E-state index contributed by atoms with van der Waals surface area (Å²) in [5.74, 6) is -0.944. The molecule has 4 aromatic rings. The summed E-state index contributed by atoms with van der Waals surface area (Å²) in [6.45, 7) is 1.56. The molecule has 0 fully saturated rings. The first-order valence-electron chi connectivity index (χ1n) is 7.93. The van der Waals surface area contributed by atoms with Crippen LogP contribution in [0.5, 0.6) is 0 Å². The largest absolute Gasteiger partial charge is 0.480 e. The predicted molar refractivity (Wildman–Crippen MR) is 106 cm³/mol. The van der Waals surface area contributed by atoms with Gasteiger partial charge in [-0.1, -0.05) is 48.2 Å². The number of nitrogens with zero attached hydrogens (tertiary/aromatic N) is 1. The fourth-order valence-electron chi connectivity index (χ4n) is 2.77. The number of hydrogen-bond acceptors (Lipinski definition) is 5. The fourth-order valence-corrected chi connectivity index (χ4v) is 4.51. The Kier molecular flexibility index (Phi) is 4.26. The zero-order valence-corrected chi connectivity index (χ0v) is 15.4. The second-order valence-corrected chi connectivity index (χ2v) is 8.05. The third-order valence-electron chi connectivity index (χ3n) is 4.12. The molecule has 5 nitrogen and oxygen atoms in total. The summed E-state index contributed by atoms with van der Waals surface area (Å²) in [4.78, 5) is 31.4. The molecule has 2 heterocycles. The van der Waals surface area contributed by atoms with E-state index in [9.17, 15) is 9.59 Å². The van der Waals surface area contributed by atoms with Gasteiger partial charge in [-0.25, -0.2) is 4.98 Å². The van der Waals surface area contributed by atoms with E-state index >= 15 is 0 Å². The van der Waals surface area contributed by atoms with Gasteiger partial charge in [-0.2, -0.15) is 0 Å². The van der Waals surface area contributed by atoms with Crippen molar-refractivity contribution in [2.24, 2.45) is 0 Å². The SMILES string of the molecule is CC(Sc1nc2scc(-c3ccc4ccccc4c3)c2c(=O)[nH]1)C(=O)O. The van der Waals surface area contributed by atoms with Gasteiger partial charge in [0.15, 0.2) is 5.16 Å². The summed E-state index contributed by atoms with van der Waals surface area (Å²) >= 11 is 2.41. The molecule has 2 N–H and O–H groups in total. The Bertz CT molecular complexity index is 1200. The number of hydrogen-bond donors (Lipinski definition) is 2. The van der Waals surface area contributed by atoms with Crippen molar-refractivity contribution < 1.29 is 9.90 Å². The van der Waals surface area contributed by atoms with Crippen LogP contribution in [-0.4, -0.2) is 26.3 Å². The molecule has 26 heavy (non-hydrogen) atoms. The normalized spacial score (nSPS) is 12.5. The van der Waals surface area contributed by atoms with Crippen molar-refractivity contribution in [3.63, 3.8) is 0 Å². The highest BCUT2D eigenvalue weighted by Crippen LogP contribution is 2.33. The molecule has 1 atom stereocenters. The topological polar surface area (TPSA) is 83.0 Å². The van der Waals surface area contributed by atoms with Gasteiger partial charge >= 0.3 is 5.97 Å². The first-order valence-corrected chi connectivity index (χ1v) is 9.69. The van der Waals surface area contributed by atoms with E-state index in [0.717, 1.165) is 33.7 Å². The molecule has 0 radical (unpaired) electrons. The van der Waals surface area contributed by atoms with E-state index in [0.29, 0.717) is 15.4 Å². The number of fused-ring (bicyclic) bond motifs is 2. The Balaban J connectivity index is 1.81. The van der Waals surface area contributed by atoms with E-state index in [1.165, 1.54) is 11.3 Å². The molecule has 1 unspecified atom stereocenters. The van der Waals surface area contributed by atoms with Crippen LogP contribution in [0.3, 0.4) is 0 Å². The van der Waals surface area contributed by atoms with Crippen LogP contribution < -0.4 is 5.56 Å². The third kappa shape index (κ3) is 3.00. The maximum absolute atomic E-state index is 12.6. The summed E-state index contributed by atoms with van der Waals surface area (Å²) in [7, 11) is 0. The standard InChI is InChI=1S/C19H14N2O3S2/c1-10(18(23)24)26-19-20-16(22)15-14(9-25-17(15)21-19)13-7-6-11-4-2-3-5-12(11)8-13/h2-10H,1H3,(H,23,24)(H,20,21,22). The van der Waals surface area contributed by atoms with Gasteiger partial charge in [0, 0.05) is 10.9 Å². The number of nitrogens with one attached hydrogen (secondary N) is 1. The maximum Gasteiger partial charge on any atom is 0.316 e. The van der Waals surface area contributed by atoms with Gasteiger partial charge in [0.2, 0.25) is 0 Å². The van der Waals surface area contributed by atoms with Crippen LogP contribution in [0.2, 0.25) is 0 Å². The lowest BCUT2D eigenvalue weighted by Crippen LogP contribution is -2.14. The summed E-state index contributed by atoms with van der Waals surface area (Å²) in [5, 5.41) is 13.4. The second-order valence-electron chi connectivity index (χ2n) is 5.86. The highest BCUT2D eigenvalue weighted by Gasteiger charge is 2.17. The molecule has 0 bridgehead atoms. The molecule has 7 heteroatoms. The van der Waals surface area contributed by atoms with Gasteiger partial charge in [0.05, 0.1) is 5.39 Å². The molecule has 0 saturated heterocycles. The zero-order valence-electron chi connectivity index (χ0n) is 13.7. The number of carboxylic acid groups (broad SMARTS) is 1. The minimum absolute atomic E-state index is 0.250. The second kappa shape index (κ2) is 6.59. The molecule has 0 aliphatic rings. The van der Waals surface area contributed by atoms with Crippen LogP contribution in [0.4, 0.5) is 0 Å².